The van der Waals surface area contributed by atoms with Gasteiger partial charge >= 0.3 is 0 Å². The average Bonchev–Trinajstić information content (AvgIpc) is 3.64. The van der Waals surface area contributed by atoms with E-state index in [-0.39, 0.29) is 0 Å². The molecule has 260 valence electrons. The van der Waals surface area contributed by atoms with Crippen molar-refractivity contribution in [3.63, 3.8) is 0 Å². The van der Waals surface area contributed by atoms with E-state index in [9.17, 15) is 0 Å². The Hall–Kier alpha value is -7.36. The molecule has 3 nitrogen and oxygen atoms in total. The topological polar surface area (TPSA) is 19.6 Å². The Morgan fingerprint density at radius 2 is 0.745 bits per heavy atom. The van der Waals surface area contributed by atoms with E-state index in [0.717, 1.165) is 61.6 Å². The molecule has 0 unspecified atom stereocenters. The van der Waals surface area contributed by atoms with Gasteiger partial charge in [0.25, 0.3) is 0 Å². The summed E-state index contributed by atoms with van der Waals surface area (Å²) in [6.07, 6.45) is 0. The zero-order valence-corrected chi connectivity index (χ0v) is 30.1. The standard InChI is InChI=1S/C52H36N2O/c1-4-14-37(15-5-1)38-24-28-42(29-25-38)53(40-16-6-2-7-17-40)43-30-26-39(27-31-43)45-33-34-50(47-21-11-10-20-46(45)47)54(41-18-8-3-9-19-41)44-32-35-52-49(36-44)48-22-12-13-23-51(48)55-52/h1-36H. The van der Waals surface area contributed by atoms with Crippen molar-refractivity contribution in [2.24, 2.45) is 0 Å². The first-order chi connectivity index (χ1) is 27.3. The second-order valence-electron chi connectivity index (χ2n) is 13.8. The van der Waals surface area contributed by atoms with Crippen molar-refractivity contribution in [2.45, 2.75) is 0 Å². The maximum atomic E-state index is 6.21. The van der Waals surface area contributed by atoms with Crippen LogP contribution in [0.3, 0.4) is 0 Å². The number of hydrogen-bond acceptors (Lipinski definition) is 3. The average molecular weight is 705 g/mol. The molecule has 0 aliphatic rings. The maximum absolute atomic E-state index is 6.21. The first-order valence-electron chi connectivity index (χ1n) is 18.7. The van der Waals surface area contributed by atoms with Gasteiger partial charge in [0.15, 0.2) is 0 Å². The van der Waals surface area contributed by atoms with Gasteiger partial charge in [-0.2, -0.15) is 0 Å². The van der Waals surface area contributed by atoms with E-state index >= 15 is 0 Å². The van der Waals surface area contributed by atoms with Gasteiger partial charge in [-0.05, 0) is 107 Å². The molecule has 1 aromatic heterocycles. The lowest BCUT2D eigenvalue weighted by atomic mass is 9.96. The molecule has 10 rings (SSSR count). The van der Waals surface area contributed by atoms with Crippen molar-refractivity contribution < 1.29 is 4.42 Å². The summed E-state index contributed by atoms with van der Waals surface area (Å²) >= 11 is 0. The van der Waals surface area contributed by atoms with Crippen LogP contribution in [0.25, 0.3) is 55.0 Å². The van der Waals surface area contributed by atoms with Crippen LogP contribution in [-0.4, -0.2) is 0 Å². The highest BCUT2D eigenvalue weighted by molar-refractivity contribution is 6.09. The van der Waals surface area contributed by atoms with Crippen LogP contribution in [0.1, 0.15) is 0 Å². The minimum Gasteiger partial charge on any atom is -0.456 e. The van der Waals surface area contributed by atoms with Crippen LogP contribution in [0.5, 0.6) is 0 Å². The summed E-state index contributed by atoms with van der Waals surface area (Å²) < 4.78 is 6.21. The number of furan rings is 1. The number of hydrogen-bond donors (Lipinski definition) is 0. The van der Waals surface area contributed by atoms with Gasteiger partial charge in [0.2, 0.25) is 0 Å². The van der Waals surface area contributed by atoms with Crippen molar-refractivity contribution in [1.29, 1.82) is 0 Å². The molecule has 1 heterocycles. The lowest BCUT2D eigenvalue weighted by molar-refractivity contribution is 0.669. The third-order valence-corrected chi connectivity index (χ3v) is 10.5. The van der Waals surface area contributed by atoms with Crippen LogP contribution in [0, 0.1) is 0 Å². The second-order valence-corrected chi connectivity index (χ2v) is 13.8. The molecule has 0 N–H and O–H groups in total. The monoisotopic (exact) mass is 704 g/mol. The van der Waals surface area contributed by atoms with Gasteiger partial charge in [-0.15, -0.1) is 0 Å². The zero-order valence-electron chi connectivity index (χ0n) is 30.1. The van der Waals surface area contributed by atoms with E-state index in [4.69, 9.17) is 4.42 Å². The fourth-order valence-electron chi connectivity index (χ4n) is 7.84. The largest absolute Gasteiger partial charge is 0.456 e. The van der Waals surface area contributed by atoms with Gasteiger partial charge in [0.1, 0.15) is 11.2 Å². The molecule has 3 heteroatoms. The number of benzene rings is 9. The van der Waals surface area contributed by atoms with E-state index in [1.807, 2.05) is 12.1 Å². The van der Waals surface area contributed by atoms with Crippen LogP contribution in [-0.2, 0) is 0 Å². The molecule has 55 heavy (non-hydrogen) atoms. The molecule has 0 amide bonds. The molecule has 0 radical (unpaired) electrons. The van der Waals surface area contributed by atoms with Crippen molar-refractivity contribution in [2.75, 3.05) is 9.80 Å². The third kappa shape index (κ3) is 5.98. The van der Waals surface area contributed by atoms with E-state index in [1.165, 1.54) is 27.5 Å². The van der Waals surface area contributed by atoms with Gasteiger partial charge in [-0.25, -0.2) is 0 Å². The van der Waals surface area contributed by atoms with Gasteiger partial charge < -0.3 is 14.2 Å². The van der Waals surface area contributed by atoms with Crippen LogP contribution in [0.15, 0.2) is 223 Å². The molecule has 0 fully saturated rings. The van der Waals surface area contributed by atoms with E-state index in [0.29, 0.717) is 0 Å². The summed E-state index contributed by atoms with van der Waals surface area (Å²) in [5, 5.41) is 4.59. The first kappa shape index (κ1) is 32.3. The van der Waals surface area contributed by atoms with Gasteiger partial charge in [-0.1, -0.05) is 140 Å². The van der Waals surface area contributed by atoms with Gasteiger partial charge in [0.05, 0.1) is 5.69 Å². The summed E-state index contributed by atoms with van der Waals surface area (Å²) in [6, 6.07) is 77.6. The lowest BCUT2D eigenvalue weighted by Gasteiger charge is -2.28. The Morgan fingerprint density at radius 3 is 1.42 bits per heavy atom. The molecule has 0 saturated heterocycles. The highest BCUT2D eigenvalue weighted by Crippen LogP contribution is 2.44. The van der Waals surface area contributed by atoms with Crippen LogP contribution in [0.2, 0.25) is 0 Å². The molecule has 0 atom stereocenters. The highest BCUT2D eigenvalue weighted by atomic mass is 16.3. The Balaban J connectivity index is 1.05. The van der Waals surface area contributed by atoms with Crippen molar-refractivity contribution in [3.05, 3.63) is 218 Å². The highest BCUT2D eigenvalue weighted by Gasteiger charge is 2.19. The molecule has 0 saturated carbocycles. The second kappa shape index (κ2) is 13.9. The summed E-state index contributed by atoms with van der Waals surface area (Å²) in [6.45, 7) is 0. The van der Waals surface area contributed by atoms with Crippen molar-refractivity contribution in [3.8, 4) is 22.3 Å². The van der Waals surface area contributed by atoms with Gasteiger partial charge in [0, 0.05) is 44.6 Å². The van der Waals surface area contributed by atoms with Crippen LogP contribution < -0.4 is 9.80 Å². The fourth-order valence-corrected chi connectivity index (χ4v) is 7.84. The fraction of sp³-hybridized carbons (Fsp3) is 0. The Labute approximate surface area is 320 Å². The molecule has 10 aromatic rings. The van der Waals surface area contributed by atoms with Crippen LogP contribution in [0.4, 0.5) is 34.1 Å². The molecular weight excluding hydrogens is 669 g/mol. The summed E-state index contributed by atoms with van der Waals surface area (Å²) in [5.74, 6) is 0. The summed E-state index contributed by atoms with van der Waals surface area (Å²) in [7, 11) is 0. The molecule has 0 spiro atoms. The quantitative estimate of drug-likeness (QED) is 0.157. The number of para-hydroxylation sites is 3. The minimum atomic E-state index is 0.886. The molecule has 0 aliphatic heterocycles. The smallest absolute Gasteiger partial charge is 0.135 e. The number of nitrogens with zero attached hydrogens (tertiary/aromatic N) is 2. The Kier molecular flexibility index (Phi) is 8.16. The predicted octanol–water partition coefficient (Wildman–Crippen LogP) is 15.0. The van der Waals surface area contributed by atoms with Crippen molar-refractivity contribution in [1.82, 2.24) is 0 Å². The SMILES string of the molecule is c1ccc(-c2ccc(N(c3ccccc3)c3ccc(-c4ccc(N(c5ccccc5)c5ccc6oc7ccccc7c6c5)c5ccccc45)cc3)cc2)cc1. The van der Waals surface area contributed by atoms with E-state index < -0.39 is 0 Å². The maximum Gasteiger partial charge on any atom is 0.135 e. The van der Waals surface area contributed by atoms with E-state index in [2.05, 4.69) is 216 Å². The Morgan fingerprint density at radius 1 is 0.273 bits per heavy atom. The van der Waals surface area contributed by atoms with Crippen molar-refractivity contribution >= 4 is 66.8 Å². The normalized spacial score (nSPS) is 11.3. The summed E-state index contributed by atoms with van der Waals surface area (Å²) in [4.78, 5) is 4.68. The predicted molar refractivity (Wildman–Crippen MR) is 231 cm³/mol. The third-order valence-electron chi connectivity index (χ3n) is 10.5. The molecule has 9 aromatic carbocycles. The minimum absolute atomic E-state index is 0.886. The number of rotatable bonds is 8. The zero-order chi connectivity index (χ0) is 36.6. The number of fused-ring (bicyclic) bond motifs is 4. The lowest BCUT2D eigenvalue weighted by Crippen LogP contribution is -2.10. The van der Waals surface area contributed by atoms with Gasteiger partial charge in [-0.3, -0.25) is 0 Å². The van der Waals surface area contributed by atoms with E-state index in [1.54, 1.807) is 0 Å². The van der Waals surface area contributed by atoms with Crippen LogP contribution >= 0.6 is 0 Å². The number of anilines is 6. The summed E-state index contributed by atoms with van der Waals surface area (Å²) in [5.41, 5.74) is 13.1. The molecule has 0 aliphatic carbocycles. The molecular formula is C52H36N2O. The first-order valence-corrected chi connectivity index (χ1v) is 18.7. The Bertz CT molecular complexity index is 2900. The molecule has 0 bridgehead atoms.